The van der Waals surface area contributed by atoms with Gasteiger partial charge >= 0.3 is 5.97 Å². The number of hydrogen-bond donors (Lipinski definition) is 3. The Balaban J connectivity index is 0.000000373. The number of pyridine rings is 2. The number of anilines is 1. The number of aromatic nitrogens is 4. The maximum absolute atomic E-state index is 13.1. The minimum Gasteiger partial charge on any atom is -0.506 e. The van der Waals surface area contributed by atoms with Crippen molar-refractivity contribution in [2.24, 2.45) is 0 Å². The van der Waals surface area contributed by atoms with Gasteiger partial charge in [-0.25, -0.2) is 14.8 Å². The van der Waals surface area contributed by atoms with Crippen LogP contribution in [0.2, 0.25) is 5.02 Å². The second-order valence-electron chi connectivity index (χ2n) is 13.9. The molecule has 0 saturated carbocycles. The average molecular weight is 729 g/mol. The molecule has 0 atom stereocenters. The van der Waals surface area contributed by atoms with Crippen molar-refractivity contribution in [3.8, 4) is 28.4 Å². The standard InChI is InChI=1S/C35H35ClN4O3.C7H6N2O/c1-35(2,3)43-34(41)31-13-12-28(21-32(31)42-29-20-25-14-15-37-33(25)38-22-29)40-18-16-39(17-19-40)23-26-6-4-5-7-30(26)24-8-10-27(36)11-9-24;10-6-3-5-1-2-8-7(5)9-4-6/h4-15,20-22H,16-19,23H2,1-3H3,(H,37,38);1-4,10H,(H,8,9). The van der Waals surface area contributed by atoms with Crippen molar-refractivity contribution in [2.45, 2.75) is 32.9 Å². The Bertz CT molecular complexity index is 2340. The van der Waals surface area contributed by atoms with Crippen LogP contribution in [0.5, 0.6) is 17.2 Å². The number of nitrogens with one attached hydrogen (secondary N) is 2. The first-order valence-corrected chi connectivity index (χ1v) is 17.9. The molecule has 0 spiro atoms. The lowest BCUT2D eigenvalue weighted by Gasteiger charge is -2.36. The molecule has 53 heavy (non-hydrogen) atoms. The van der Waals surface area contributed by atoms with Crippen LogP contribution < -0.4 is 9.64 Å². The van der Waals surface area contributed by atoms with Gasteiger partial charge in [0, 0.05) is 72.7 Å². The number of halogens is 1. The zero-order valence-electron chi connectivity index (χ0n) is 29.8. The molecule has 3 aromatic carbocycles. The Kier molecular flexibility index (Phi) is 10.3. The van der Waals surface area contributed by atoms with Gasteiger partial charge in [-0.3, -0.25) is 4.90 Å². The first-order valence-electron chi connectivity index (χ1n) is 17.5. The smallest absolute Gasteiger partial charge is 0.342 e. The number of ether oxygens (including phenoxy) is 2. The number of rotatable bonds is 7. The summed E-state index contributed by atoms with van der Waals surface area (Å²) in [5.41, 5.74) is 6.03. The molecule has 1 saturated heterocycles. The van der Waals surface area contributed by atoms with Gasteiger partial charge in [0.15, 0.2) is 0 Å². The highest BCUT2D eigenvalue weighted by Gasteiger charge is 2.24. The SMILES string of the molecule is CC(C)(C)OC(=O)c1ccc(N2CCN(Cc3ccccc3-c3ccc(Cl)cc3)CC2)cc1Oc1cnc2[nH]ccc2c1.Oc1cnc2[nH]ccc2c1. The van der Waals surface area contributed by atoms with E-state index in [4.69, 9.17) is 26.2 Å². The Hall–Kier alpha value is -5.84. The summed E-state index contributed by atoms with van der Waals surface area (Å²) in [5, 5.41) is 11.6. The molecule has 0 aliphatic carbocycles. The highest BCUT2D eigenvalue weighted by Crippen LogP contribution is 2.33. The van der Waals surface area contributed by atoms with E-state index in [9.17, 15) is 4.79 Å². The summed E-state index contributed by atoms with van der Waals surface area (Å²) in [7, 11) is 0. The van der Waals surface area contributed by atoms with Gasteiger partial charge in [0.2, 0.25) is 0 Å². The molecular formula is C42H41ClN6O4. The Morgan fingerprint density at radius 2 is 1.51 bits per heavy atom. The summed E-state index contributed by atoms with van der Waals surface area (Å²) in [6.07, 6.45) is 6.70. The van der Waals surface area contributed by atoms with Gasteiger partial charge in [-0.1, -0.05) is 48.0 Å². The predicted octanol–water partition coefficient (Wildman–Crippen LogP) is 9.22. The summed E-state index contributed by atoms with van der Waals surface area (Å²) in [6.45, 7) is 9.97. The van der Waals surface area contributed by atoms with Gasteiger partial charge in [0.05, 0.1) is 12.4 Å². The molecule has 0 radical (unpaired) electrons. The number of hydrogen-bond acceptors (Lipinski definition) is 8. The second kappa shape index (κ2) is 15.4. The lowest BCUT2D eigenvalue weighted by molar-refractivity contribution is 0.00671. The molecule has 270 valence electrons. The van der Waals surface area contributed by atoms with Crippen LogP contribution in [-0.4, -0.2) is 67.7 Å². The molecule has 0 amide bonds. The van der Waals surface area contributed by atoms with Gasteiger partial charge < -0.3 is 29.4 Å². The number of aromatic amines is 2. The normalized spacial score (nSPS) is 13.5. The van der Waals surface area contributed by atoms with E-state index in [2.05, 4.69) is 66.1 Å². The van der Waals surface area contributed by atoms with Crippen LogP contribution in [0.25, 0.3) is 33.2 Å². The summed E-state index contributed by atoms with van der Waals surface area (Å²) in [6, 6.07) is 29.7. The van der Waals surface area contributed by atoms with Crippen LogP contribution in [-0.2, 0) is 11.3 Å². The maximum Gasteiger partial charge on any atom is 0.342 e. The highest BCUT2D eigenvalue weighted by molar-refractivity contribution is 6.30. The van der Waals surface area contributed by atoms with E-state index < -0.39 is 11.6 Å². The molecular weight excluding hydrogens is 688 g/mol. The predicted molar refractivity (Wildman–Crippen MR) is 210 cm³/mol. The van der Waals surface area contributed by atoms with E-state index in [1.54, 1.807) is 24.5 Å². The average Bonchev–Trinajstić information content (AvgIpc) is 3.81. The van der Waals surface area contributed by atoms with Crippen LogP contribution >= 0.6 is 11.6 Å². The van der Waals surface area contributed by atoms with Crippen LogP contribution in [0.1, 0.15) is 36.7 Å². The fraction of sp³-hybridized carbons (Fsp3) is 0.214. The van der Waals surface area contributed by atoms with Crippen molar-refractivity contribution in [1.29, 1.82) is 0 Å². The summed E-state index contributed by atoms with van der Waals surface area (Å²) >= 11 is 6.13. The first-order chi connectivity index (χ1) is 25.6. The topological polar surface area (TPSA) is 120 Å². The van der Waals surface area contributed by atoms with Gasteiger partial charge in [0.1, 0.15) is 39.7 Å². The zero-order valence-corrected chi connectivity index (χ0v) is 30.6. The third kappa shape index (κ3) is 8.80. The van der Waals surface area contributed by atoms with Crippen LogP contribution in [0.4, 0.5) is 5.69 Å². The van der Waals surface area contributed by atoms with Crippen LogP contribution in [0.3, 0.4) is 0 Å². The number of benzene rings is 3. The fourth-order valence-corrected chi connectivity index (χ4v) is 6.42. The molecule has 8 rings (SSSR count). The minimum atomic E-state index is -0.624. The molecule has 1 aliphatic rings. The third-order valence-electron chi connectivity index (χ3n) is 8.88. The summed E-state index contributed by atoms with van der Waals surface area (Å²) < 4.78 is 12.0. The first kappa shape index (κ1) is 35.6. The van der Waals surface area contributed by atoms with Crippen molar-refractivity contribution in [3.63, 3.8) is 0 Å². The van der Waals surface area contributed by atoms with Crippen molar-refractivity contribution in [3.05, 3.63) is 132 Å². The summed E-state index contributed by atoms with van der Waals surface area (Å²) in [5.74, 6) is 0.780. The lowest BCUT2D eigenvalue weighted by atomic mass is 9.99. The number of H-pyrrole nitrogens is 2. The molecule has 1 fully saturated rings. The number of carbonyl (C=O) groups is 1. The highest BCUT2D eigenvalue weighted by atomic mass is 35.5. The largest absolute Gasteiger partial charge is 0.506 e. The van der Waals surface area contributed by atoms with Gasteiger partial charge in [-0.05, 0) is 86.0 Å². The molecule has 0 bridgehead atoms. The van der Waals surface area contributed by atoms with Crippen LogP contribution in [0, 0.1) is 0 Å². The van der Waals surface area contributed by atoms with Gasteiger partial charge in [-0.2, -0.15) is 0 Å². The molecule has 5 heterocycles. The molecule has 11 heteroatoms. The zero-order chi connectivity index (χ0) is 37.0. The quantitative estimate of drug-likeness (QED) is 0.139. The molecule has 0 unspecified atom stereocenters. The van der Waals surface area contributed by atoms with E-state index in [1.165, 1.54) is 22.9 Å². The van der Waals surface area contributed by atoms with Crippen molar-refractivity contribution in [2.75, 3.05) is 31.1 Å². The Morgan fingerprint density at radius 1 is 0.830 bits per heavy atom. The Morgan fingerprint density at radius 3 is 2.23 bits per heavy atom. The second-order valence-corrected chi connectivity index (χ2v) is 14.3. The van der Waals surface area contributed by atoms with Crippen molar-refractivity contribution >= 4 is 45.3 Å². The molecule has 3 N–H and O–H groups in total. The van der Waals surface area contributed by atoms with E-state index in [-0.39, 0.29) is 5.75 Å². The van der Waals surface area contributed by atoms with E-state index >= 15 is 0 Å². The number of piperazine rings is 1. The van der Waals surface area contributed by atoms with E-state index in [0.29, 0.717) is 17.1 Å². The van der Waals surface area contributed by atoms with E-state index in [1.807, 2.05) is 69.4 Å². The number of fused-ring (bicyclic) bond motifs is 2. The number of carbonyl (C=O) groups excluding carboxylic acids is 1. The van der Waals surface area contributed by atoms with Crippen LogP contribution in [0.15, 0.2) is 116 Å². The van der Waals surface area contributed by atoms with Gasteiger partial charge in [-0.15, -0.1) is 0 Å². The molecule has 4 aromatic heterocycles. The Labute approximate surface area is 313 Å². The summed E-state index contributed by atoms with van der Waals surface area (Å²) in [4.78, 5) is 32.3. The number of esters is 1. The maximum atomic E-state index is 13.1. The number of nitrogens with zero attached hydrogens (tertiary/aromatic N) is 4. The third-order valence-corrected chi connectivity index (χ3v) is 9.13. The van der Waals surface area contributed by atoms with Gasteiger partial charge in [0.25, 0.3) is 0 Å². The lowest BCUT2D eigenvalue weighted by Crippen LogP contribution is -2.46. The van der Waals surface area contributed by atoms with Crippen molar-refractivity contribution in [1.82, 2.24) is 24.8 Å². The fourth-order valence-electron chi connectivity index (χ4n) is 6.30. The molecule has 7 aromatic rings. The monoisotopic (exact) mass is 728 g/mol. The van der Waals surface area contributed by atoms with E-state index in [0.717, 1.165) is 65.5 Å². The molecule has 10 nitrogen and oxygen atoms in total. The number of aromatic hydroxyl groups is 1. The van der Waals surface area contributed by atoms with Crippen molar-refractivity contribution < 1.29 is 19.4 Å². The minimum absolute atomic E-state index is 0.201. The molecule has 1 aliphatic heterocycles.